The Labute approximate surface area is 139 Å². The maximum atomic E-state index is 14.1. The SMILES string of the molecule is CCc1ccc(-c2nc(SCC(F)c3ccccc3)n[nH]2)cc1. The summed E-state index contributed by atoms with van der Waals surface area (Å²) in [5.74, 6) is 1.01. The molecule has 0 saturated heterocycles. The highest BCUT2D eigenvalue weighted by Crippen LogP contribution is 2.26. The number of hydrogen-bond acceptors (Lipinski definition) is 3. The number of rotatable bonds is 6. The highest BCUT2D eigenvalue weighted by Gasteiger charge is 2.12. The minimum Gasteiger partial charge on any atom is -0.258 e. The molecule has 0 aliphatic carbocycles. The largest absolute Gasteiger partial charge is 0.258 e. The van der Waals surface area contributed by atoms with Gasteiger partial charge in [0.25, 0.3) is 0 Å². The molecule has 2 aromatic carbocycles. The first-order valence-corrected chi connectivity index (χ1v) is 8.58. The van der Waals surface area contributed by atoms with E-state index in [4.69, 9.17) is 0 Å². The average molecular weight is 327 g/mol. The maximum Gasteiger partial charge on any atom is 0.208 e. The van der Waals surface area contributed by atoms with E-state index in [0.29, 0.717) is 22.3 Å². The second-order valence-corrected chi connectivity index (χ2v) is 6.19. The summed E-state index contributed by atoms with van der Waals surface area (Å²) in [6.07, 6.45) is -0.0122. The van der Waals surface area contributed by atoms with Crippen LogP contribution in [-0.2, 0) is 6.42 Å². The number of aromatic amines is 1. The minimum absolute atomic E-state index is 0.302. The molecule has 1 N–H and O–H groups in total. The number of halogens is 1. The molecular weight excluding hydrogens is 309 g/mol. The third-order valence-electron chi connectivity index (χ3n) is 3.62. The van der Waals surface area contributed by atoms with Gasteiger partial charge in [-0.2, -0.15) is 0 Å². The first-order chi connectivity index (χ1) is 11.3. The van der Waals surface area contributed by atoms with Crippen LogP contribution in [0.15, 0.2) is 59.8 Å². The fourth-order valence-electron chi connectivity index (χ4n) is 2.24. The normalized spacial score (nSPS) is 12.3. The van der Waals surface area contributed by atoms with E-state index in [-0.39, 0.29) is 0 Å². The highest BCUT2D eigenvalue weighted by atomic mass is 32.2. The lowest BCUT2D eigenvalue weighted by Gasteiger charge is -2.05. The highest BCUT2D eigenvalue weighted by molar-refractivity contribution is 7.99. The fraction of sp³-hybridized carbons (Fsp3) is 0.222. The van der Waals surface area contributed by atoms with E-state index in [0.717, 1.165) is 12.0 Å². The molecule has 1 heterocycles. The second-order valence-electron chi connectivity index (χ2n) is 5.21. The monoisotopic (exact) mass is 327 g/mol. The van der Waals surface area contributed by atoms with Gasteiger partial charge in [-0.1, -0.05) is 73.3 Å². The van der Waals surface area contributed by atoms with Crippen molar-refractivity contribution in [2.45, 2.75) is 24.7 Å². The number of hydrogen-bond donors (Lipinski definition) is 1. The van der Waals surface area contributed by atoms with Gasteiger partial charge in [-0.3, -0.25) is 5.10 Å². The van der Waals surface area contributed by atoms with Crippen molar-refractivity contribution in [3.05, 3.63) is 65.7 Å². The number of thioether (sulfide) groups is 1. The zero-order valence-electron chi connectivity index (χ0n) is 12.9. The van der Waals surface area contributed by atoms with Gasteiger partial charge in [0.15, 0.2) is 5.82 Å². The molecule has 3 nitrogen and oxygen atoms in total. The van der Waals surface area contributed by atoms with Crippen molar-refractivity contribution in [1.82, 2.24) is 15.2 Å². The maximum absolute atomic E-state index is 14.1. The van der Waals surface area contributed by atoms with Crippen LogP contribution in [-0.4, -0.2) is 20.9 Å². The Bertz CT molecular complexity index is 740. The lowest BCUT2D eigenvalue weighted by Crippen LogP contribution is -1.95. The molecule has 0 fully saturated rings. The van der Waals surface area contributed by atoms with Crippen LogP contribution >= 0.6 is 11.8 Å². The van der Waals surface area contributed by atoms with Gasteiger partial charge >= 0.3 is 0 Å². The predicted octanol–water partition coefficient (Wildman–Crippen LogP) is 4.84. The van der Waals surface area contributed by atoms with Crippen molar-refractivity contribution in [2.24, 2.45) is 0 Å². The standard InChI is InChI=1S/C18H18FN3S/c1-2-13-8-10-15(11-9-13)17-20-18(22-21-17)23-12-16(19)14-6-4-3-5-7-14/h3-11,16H,2,12H2,1H3,(H,20,21,22). The molecule has 1 atom stereocenters. The Morgan fingerprint density at radius 1 is 1.09 bits per heavy atom. The van der Waals surface area contributed by atoms with E-state index in [1.807, 2.05) is 30.3 Å². The Kier molecular flexibility index (Phi) is 5.08. The molecular formula is C18H18FN3S. The Morgan fingerprint density at radius 3 is 2.52 bits per heavy atom. The number of nitrogens with zero attached hydrogens (tertiary/aromatic N) is 2. The number of H-pyrrole nitrogens is 1. The summed E-state index contributed by atoms with van der Waals surface area (Å²) in [7, 11) is 0. The first-order valence-electron chi connectivity index (χ1n) is 7.60. The van der Waals surface area contributed by atoms with Crippen LogP contribution in [0.4, 0.5) is 4.39 Å². The van der Waals surface area contributed by atoms with Crippen molar-refractivity contribution >= 4 is 11.8 Å². The van der Waals surface area contributed by atoms with Crippen molar-refractivity contribution in [2.75, 3.05) is 5.75 Å². The molecule has 0 aliphatic rings. The van der Waals surface area contributed by atoms with E-state index in [9.17, 15) is 4.39 Å². The molecule has 1 aromatic heterocycles. The molecule has 0 radical (unpaired) electrons. The van der Waals surface area contributed by atoms with Crippen LogP contribution in [0.25, 0.3) is 11.4 Å². The Morgan fingerprint density at radius 2 is 1.83 bits per heavy atom. The van der Waals surface area contributed by atoms with Crippen molar-refractivity contribution < 1.29 is 4.39 Å². The quantitative estimate of drug-likeness (QED) is 0.659. The van der Waals surface area contributed by atoms with Gasteiger partial charge in [0.1, 0.15) is 6.17 Å². The number of benzene rings is 2. The molecule has 118 valence electrons. The molecule has 1 unspecified atom stereocenters. The summed E-state index contributed by atoms with van der Waals surface area (Å²) >= 11 is 1.32. The van der Waals surface area contributed by atoms with E-state index in [1.165, 1.54) is 17.3 Å². The number of aromatic nitrogens is 3. The van der Waals surface area contributed by atoms with Crippen LogP contribution in [0, 0.1) is 0 Å². The van der Waals surface area contributed by atoms with Crippen LogP contribution < -0.4 is 0 Å². The summed E-state index contributed by atoms with van der Waals surface area (Å²) in [6.45, 7) is 2.12. The molecule has 5 heteroatoms. The first kappa shape index (κ1) is 15.7. The molecule has 3 aromatic rings. The van der Waals surface area contributed by atoms with Crippen LogP contribution in [0.1, 0.15) is 24.2 Å². The molecule has 0 aliphatic heterocycles. The molecule has 0 bridgehead atoms. The van der Waals surface area contributed by atoms with E-state index < -0.39 is 6.17 Å². The van der Waals surface area contributed by atoms with Crippen LogP contribution in [0.5, 0.6) is 0 Å². The Hall–Kier alpha value is -2.14. The lowest BCUT2D eigenvalue weighted by atomic mass is 10.1. The molecule has 0 amide bonds. The summed E-state index contributed by atoms with van der Waals surface area (Å²) in [4.78, 5) is 4.43. The third-order valence-corrected chi connectivity index (χ3v) is 4.52. The van der Waals surface area contributed by atoms with Gasteiger partial charge in [0.2, 0.25) is 5.16 Å². The lowest BCUT2D eigenvalue weighted by molar-refractivity contribution is 0.380. The smallest absolute Gasteiger partial charge is 0.208 e. The van der Waals surface area contributed by atoms with Gasteiger partial charge in [-0.05, 0) is 17.5 Å². The molecule has 0 spiro atoms. The van der Waals surface area contributed by atoms with Gasteiger partial charge in [0.05, 0.1) is 0 Å². The van der Waals surface area contributed by atoms with Gasteiger partial charge in [-0.25, -0.2) is 9.37 Å². The van der Waals surface area contributed by atoms with Crippen LogP contribution in [0.2, 0.25) is 0 Å². The van der Waals surface area contributed by atoms with E-state index >= 15 is 0 Å². The third kappa shape index (κ3) is 3.99. The number of alkyl halides is 1. The zero-order valence-corrected chi connectivity index (χ0v) is 13.7. The molecule has 23 heavy (non-hydrogen) atoms. The minimum atomic E-state index is -1.02. The summed E-state index contributed by atoms with van der Waals surface area (Å²) < 4.78 is 14.1. The summed E-state index contributed by atoms with van der Waals surface area (Å²) in [5.41, 5.74) is 2.96. The average Bonchev–Trinajstić information content (AvgIpc) is 3.09. The fourth-order valence-corrected chi connectivity index (χ4v) is 3.00. The second kappa shape index (κ2) is 7.42. The summed E-state index contributed by atoms with van der Waals surface area (Å²) in [5, 5.41) is 7.65. The number of aryl methyl sites for hydroxylation is 1. The van der Waals surface area contributed by atoms with Crippen molar-refractivity contribution in [1.29, 1.82) is 0 Å². The van der Waals surface area contributed by atoms with Gasteiger partial charge in [-0.15, -0.1) is 5.10 Å². The van der Waals surface area contributed by atoms with Crippen molar-refractivity contribution in [3.63, 3.8) is 0 Å². The number of nitrogens with one attached hydrogen (secondary N) is 1. The molecule has 0 saturated carbocycles. The van der Waals surface area contributed by atoms with Crippen LogP contribution in [0.3, 0.4) is 0 Å². The zero-order chi connectivity index (χ0) is 16.1. The Balaban J connectivity index is 1.63. The summed E-state index contributed by atoms with van der Waals surface area (Å²) in [6, 6.07) is 17.4. The van der Waals surface area contributed by atoms with Gasteiger partial charge < -0.3 is 0 Å². The van der Waals surface area contributed by atoms with Crippen molar-refractivity contribution in [3.8, 4) is 11.4 Å². The molecule has 3 rings (SSSR count). The van der Waals surface area contributed by atoms with Gasteiger partial charge in [0, 0.05) is 11.3 Å². The topological polar surface area (TPSA) is 41.6 Å². The van der Waals surface area contributed by atoms with E-state index in [2.05, 4.69) is 34.2 Å². The predicted molar refractivity (Wildman–Crippen MR) is 92.2 cm³/mol. The van der Waals surface area contributed by atoms with E-state index in [1.54, 1.807) is 12.1 Å².